The summed E-state index contributed by atoms with van der Waals surface area (Å²) in [6.45, 7) is 0.585. The summed E-state index contributed by atoms with van der Waals surface area (Å²) in [4.78, 5) is 26.2. The number of hydrogen-bond donors (Lipinski definition) is 1. The minimum absolute atomic E-state index is 0.184. The van der Waals surface area contributed by atoms with Crippen molar-refractivity contribution in [3.8, 4) is 0 Å². The second-order valence-electron chi connectivity index (χ2n) is 6.33. The Morgan fingerprint density at radius 2 is 2.12 bits per heavy atom. The fourth-order valence-corrected chi connectivity index (χ4v) is 4.54. The number of thioether (sulfide) groups is 1. The van der Waals surface area contributed by atoms with Crippen LogP contribution in [0.2, 0.25) is 0 Å². The van der Waals surface area contributed by atoms with Crippen molar-refractivity contribution in [2.45, 2.75) is 18.4 Å². The largest absolute Gasteiger partial charge is 0.375 e. The van der Waals surface area contributed by atoms with E-state index in [1.165, 1.54) is 17.0 Å². The third-order valence-corrected chi connectivity index (χ3v) is 5.92. The number of ether oxygens (including phenoxy) is 1. The van der Waals surface area contributed by atoms with Gasteiger partial charge in [0.15, 0.2) is 0 Å². The number of carbonyl (C=O) groups is 2. The summed E-state index contributed by atoms with van der Waals surface area (Å²) in [5.74, 6) is 0.927. The van der Waals surface area contributed by atoms with Crippen molar-refractivity contribution in [2.75, 3.05) is 31.7 Å². The number of hydrogen-bond acceptors (Lipinski definition) is 4. The van der Waals surface area contributed by atoms with Crippen LogP contribution in [0.4, 0.5) is 9.18 Å². The Kier molecular flexibility index (Phi) is 5.10. The lowest BCUT2D eigenvalue weighted by atomic mass is 9.95. The summed E-state index contributed by atoms with van der Waals surface area (Å²) >= 11 is 1.77. The second kappa shape index (κ2) is 7.11. The molecule has 0 spiro atoms. The number of amides is 3. The summed E-state index contributed by atoms with van der Waals surface area (Å²) in [7, 11) is 1.63. The second-order valence-corrected chi connectivity index (χ2v) is 7.43. The molecule has 3 amide bonds. The van der Waals surface area contributed by atoms with Crippen LogP contribution in [0.25, 0.3) is 0 Å². The molecule has 7 heteroatoms. The molecule has 2 saturated heterocycles. The maximum Gasteiger partial charge on any atom is 0.324 e. The van der Waals surface area contributed by atoms with Gasteiger partial charge in [0.05, 0.1) is 18.1 Å². The number of nitrogens with zero attached hydrogens (tertiary/aromatic N) is 1. The Morgan fingerprint density at radius 3 is 2.75 bits per heavy atom. The molecule has 0 aliphatic carbocycles. The van der Waals surface area contributed by atoms with E-state index in [1.54, 1.807) is 31.0 Å². The van der Waals surface area contributed by atoms with Gasteiger partial charge in [-0.15, -0.1) is 0 Å². The first-order valence-corrected chi connectivity index (χ1v) is 9.15. The van der Waals surface area contributed by atoms with Crippen molar-refractivity contribution in [1.82, 2.24) is 10.2 Å². The van der Waals surface area contributed by atoms with Crippen molar-refractivity contribution in [1.29, 1.82) is 0 Å². The summed E-state index contributed by atoms with van der Waals surface area (Å²) in [6, 6.07) is 5.76. The topological polar surface area (TPSA) is 58.6 Å². The number of nitrogens with one attached hydrogen (secondary N) is 1. The SMILES string of the molecule is COC1(CN2C(=O)NCC(Cc3ccc(F)cc3)C2=O)CCSC1. The Labute approximate surface area is 144 Å². The molecular formula is C17H21FN2O3S. The van der Waals surface area contributed by atoms with Gasteiger partial charge >= 0.3 is 6.03 Å². The molecule has 1 aromatic carbocycles. The fourth-order valence-electron chi connectivity index (χ4n) is 3.15. The average Bonchev–Trinajstić information content (AvgIpc) is 3.05. The standard InChI is InChI=1S/C17H21FN2O3S/c1-23-17(6-7-24-11-17)10-20-15(21)13(9-19-16(20)22)8-12-2-4-14(18)5-3-12/h2-5,13H,6-11H2,1H3,(H,19,22). The van der Waals surface area contributed by atoms with E-state index in [4.69, 9.17) is 4.74 Å². The van der Waals surface area contributed by atoms with Gasteiger partial charge in [0, 0.05) is 19.4 Å². The zero-order chi connectivity index (χ0) is 17.2. The molecule has 5 nitrogen and oxygen atoms in total. The van der Waals surface area contributed by atoms with Gasteiger partial charge in [0.2, 0.25) is 5.91 Å². The Morgan fingerprint density at radius 1 is 1.38 bits per heavy atom. The molecule has 0 bridgehead atoms. The first-order valence-electron chi connectivity index (χ1n) is 7.99. The van der Waals surface area contributed by atoms with E-state index < -0.39 is 5.60 Å². The van der Waals surface area contributed by atoms with E-state index in [2.05, 4.69) is 5.32 Å². The molecule has 0 saturated carbocycles. The van der Waals surface area contributed by atoms with Crippen molar-refractivity contribution in [2.24, 2.45) is 5.92 Å². The van der Waals surface area contributed by atoms with E-state index >= 15 is 0 Å². The van der Waals surface area contributed by atoms with Crippen LogP contribution in [0.5, 0.6) is 0 Å². The summed E-state index contributed by atoms with van der Waals surface area (Å²) in [5.41, 5.74) is 0.429. The zero-order valence-corrected chi connectivity index (χ0v) is 14.4. The molecule has 3 rings (SSSR count). The number of methoxy groups -OCH3 is 1. The predicted octanol–water partition coefficient (Wildman–Crippen LogP) is 2.06. The first kappa shape index (κ1) is 17.2. The molecule has 2 fully saturated rings. The van der Waals surface area contributed by atoms with E-state index in [1.807, 2.05) is 0 Å². The first-order chi connectivity index (χ1) is 11.5. The van der Waals surface area contributed by atoms with Crippen LogP contribution in [0.1, 0.15) is 12.0 Å². The zero-order valence-electron chi connectivity index (χ0n) is 13.6. The van der Waals surface area contributed by atoms with E-state index in [0.717, 1.165) is 23.5 Å². The molecule has 2 aliphatic rings. The van der Waals surface area contributed by atoms with Crippen LogP contribution in [0.15, 0.2) is 24.3 Å². The highest BCUT2D eigenvalue weighted by Crippen LogP contribution is 2.32. The average molecular weight is 352 g/mol. The van der Waals surface area contributed by atoms with Gasteiger partial charge in [0.25, 0.3) is 0 Å². The van der Waals surface area contributed by atoms with Crippen molar-refractivity contribution in [3.05, 3.63) is 35.6 Å². The van der Waals surface area contributed by atoms with Gasteiger partial charge in [0.1, 0.15) is 5.82 Å². The van der Waals surface area contributed by atoms with Gasteiger partial charge < -0.3 is 10.1 Å². The molecule has 0 aromatic heterocycles. The van der Waals surface area contributed by atoms with Crippen LogP contribution in [0, 0.1) is 11.7 Å². The Hall–Kier alpha value is -1.60. The van der Waals surface area contributed by atoms with Crippen LogP contribution < -0.4 is 5.32 Å². The lowest BCUT2D eigenvalue weighted by Gasteiger charge is -2.37. The summed E-state index contributed by atoms with van der Waals surface area (Å²) < 4.78 is 18.6. The third-order valence-electron chi connectivity index (χ3n) is 4.70. The van der Waals surface area contributed by atoms with Crippen LogP contribution in [0.3, 0.4) is 0 Å². The normalized spacial score (nSPS) is 27.4. The maximum absolute atomic E-state index is 13.0. The molecule has 2 unspecified atom stereocenters. The highest BCUT2D eigenvalue weighted by atomic mass is 32.2. The lowest BCUT2D eigenvalue weighted by molar-refractivity contribution is -0.137. The molecular weight excluding hydrogens is 331 g/mol. The Balaban J connectivity index is 1.71. The number of imide groups is 1. The number of halogens is 1. The van der Waals surface area contributed by atoms with Crippen molar-refractivity contribution < 1.29 is 18.7 Å². The Bertz CT molecular complexity index is 617. The van der Waals surface area contributed by atoms with Gasteiger partial charge in [-0.1, -0.05) is 12.1 Å². The predicted molar refractivity (Wildman–Crippen MR) is 90.4 cm³/mol. The van der Waals surface area contributed by atoms with E-state index in [-0.39, 0.29) is 30.2 Å². The molecule has 130 valence electrons. The van der Waals surface area contributed by atoms with Gasteiger partial charge in [-0.3, -0.25) is 9.69 Å². The molecule has 2 atom stereocenters. The van der Waals surface area contributed by atoms with Crippen LogP contribution in [-0.2, 0) is 16.0 Å². The number of urea groups is 1. The monoisotopic (exact) mass is 352 g/mol. The van der Waals surface area contributed by atoms with Crippen molar-refractivity contribution in [3.63, 3.8) is 0 Å². The minimum Gasteiger partial charge on any atom is -0.375 e. The summed E-state index contributed by atoms with van der Waals surface area (Å²) in [5, 5.41) is 2.79. The molecule has 0 radical (unpaired) electrons. The van der Waals surface area contributed by atoms with E-state index in [9.17, 15) is 14.0 Å². The number of rotatable bonds is 5. The molecule has 2 aliphatic heterocycles. The fraction of sp³-hybridized carbons (Fsp3) is 0.529. The van der Waals surface area contributed by atoms with Gasteiger partial charge in [-0.25, -0.2) is 9.18 Å². The van der Waals surface area contributed by atoms with Crippen LogP contribution >= 0.6 is 11.8 Å². The van der Waals surface area contributed by atoms with E-state index in [0.29, 0.717) is 13.0 Å². The quantitative estimate of drug-likeness (QED) is 0.881. The van der Waals surface area contributed by atoms with Crippen molar-refractivity contribution >= 4 is 23.7 Å². The van der Waals surface area contributed by atoms with Gasteiger partial charge in [-0.2, -0.15) is 11.8 Å². The highest BCUT2D eigenvalue weighted by Gasteiger charge is 2.42. The van der Waals surface area contributed by atoms with Gasteiger partial charge in [-0.05, 0) is 36.3 Å². The lowest BCUT2D eigenvalue weighted by Crippen LogP contribution is -2.59. The molecule has 24 heavy (non-hydrogen) atoms. The molecule has 1 aromatic rings. The minimum atomic E-state index is -0.449. The third kappa shape index (κ3) is 3.57. The molecule has 2 heterocycles. The number of carbonyl (C=O) groups excluding carboxylic acids is 2. The highest BCUT2D eigenvalue weighted by molar-refractivity contribution is 7.99. The molecule has 1 N–H and O–H groups in total. The smallest absolute Gasteiger partial charge is 0.324 e. The summed E-state index contributed by atoms with van der Waals surface area (Å²) in [6.07, 6.45) is 1.30. The number of benzene rings is 1. The maximum atomic E-state index is 13.0. The van der Waals surface area contributed by atoms with Crippen LogP contribution in [-0.4, -0.2) is 54.1 Å².